The van der Waals surface area contributed by atoms with Crippen molar-refractivity contribution in [2.45, 2.75) is 32.9 Å². The third kappa shape index (κ3) is 5.67. The second-order valence-electron chi connectivity index (χ2n) is 6.53. The minimum Gasteiger partial charge on any atom is -0.497 e. The maximum atomic E-state index is 12.2. The molecule has 27 heavy (non-hydrogen) atoms. The lowest BCUT2D eigenvalue weighted by Crippen LogP contribution is -2.44. The largest absolute Gasteiger partial charge is 0.497 e. The molecule has 0 radical (unpaired) electrons. The molecule has 1 atom stereocenters. The van der Waals surface area contributed by atoms with Crippen molar-refractivity contribution in [3.8, 4) is 17.0 Å². The number of benzene rings is 1. The molecular weight excluding hydrogens is 350 g/mol. The van der Waals surface area contributed by atoms with Crippen molar-refractivity contribution in [2.24, 2.45) is 5.92 Å². The Balaban J connectivity index is 2.19. The van der Waals surface area contributed by atoms with E-state index >= 15 is 0 Å². The number of amides is 1. The van der Waals surface area contributed by atoms with Crippen LogP contribution in [0.3, 0.4) is 0 Å². The van der Waals surface area contributed by atoms with E-state index < -0.39 is 23.5 Å². The van der Waals surface area contributed by atoms with Gasteiger partial charge in [-0.1, -0.05) is 26.0 Å². The fourth-order valence-electron chi connectivity index (χ4n) is 2.57. The number of nitrogens with zero attached hydrogens (tertiary/aromatic N) is 2. The van der Waals surface area contributed by atoms with Gasteiger partial charge in [-0.15, -0.1) is 0 Å². The van der Waals surface area contributed by atoms with Crippen molar-refractivity contribution in [2.75, 3.05) is 7.11 Å². The van der Waals surface area contributed by atoms with E-state index in [1.54, 1.807) is 31.4 Å². The van der Waals surface area contributed by atoms with Gasteiger partial charge < -0.3 is 15.2 Å². The molecule has 1 aromatic carbocycles. The van der Waals surface area contributed by atoms with E-state index in [4.69, 9.17) is 4.74 Å². The third-order valence-electron chi connectivity index (χ3n) is 3.87. The van der Waals surface area contributed by atoms with E-state index in [9.17, 15) is 19.5 Å². The van der Waals surface area contributed by atoms with Crippen LogP contribution in [0.1, 0.15) is 20.3 Å². The Morgan fingerprint density at radius 2 is 2.00 bits per heavy atom. The fraction of sp³-hybridized carbons (Fsp3) is 0.368. The maximum absolute atomic E-state index is 12.2. The molecule has 144 valence electrons. The van der Waals surface area contributed by atoms with Crippen LogP contribution in [0.15, 0.2) is 41.2 Å². The van der Waals surface area contributed by atoms with Gasteiger partial charge in [0.2, 0.25) is 5.91 Å². The molecule has 2 aromatic rings. The molecule has 1 aromatic heterocycles. The number of hydrogen-bond donors (Lipinski definition) is 2. The number of aliphatic carboxylic acids is 1. The molecule has 0 spiro atoms. The topological polar surface area (TPSA) is 111 Å². The quantitative estimate of drug-likeness (QED) is 0.726. The molecule has 2 rings (SSSR count). The minimum absolute atomic E-state index is 0.101. The van der Waals surface area contributed by atoms with Gasteiger partial charge in [0, 0.05) is 11.6 Å². The Bertz CT molecular complexity index is 876. The van der Waals surface area contributed by atoms with E-state index in [0.717, 1.165) is 10.2 Å². The predicted octanol–water partition coefficient (Wildman–Crippen LogP) is 1.53. The second kappa shape index (κ2) is 8.98. The maximum Gasteiger partial charge on any atom is 0.326 e. The molecule has 8 nitrogen and oxygen atoms in total. The lowest BCUT2D eigenvalue weighted by atomic mass is 10.0. The zero-order chi connectivity index (χ0) is 20.0. The van der Waals surface area contributed by atoms with E-state index in [1.807, 2.05) is 19.9 Å². The smallest absolute Gasteiger partial charge is 0.326 e. The van der Waals surface area contributed by atoms with Crippen molar-refractivity contribution in [3.05, 3.63) is 46.8 Å². The summed E-state index contributed by atoms with van der Waals surface area (Å²) in [5.74, 6) is -0.950. The van der Waals surface area contributed by atoms with Crippen LogP contribution in [-0.2, 0) is 16.1 Å². The monoisotopic (exact) mass is 373 g/mol. The molecule has 0 fully saturated rings. The van der Waals surface area contributed by atoms with Crippen LogP contribution in [0.25, 0.3) is 11.3 Å². The number of carbonyl (C=O) groups excluding carboxylic acids is 1. The van der Waals surface area contributed by atoms with Crippen LogP contribution in [0, 0.1) is 5.92 Å². The number of carboxylic acids is 1. The van der Waals surface area contributed by atoms with Crippen molar-refractivity contribution < 1.29 is 19.4 Å². The number of aromatic nitrogens is 2. The summed E-state index contributed by atoms with van der Waals surface area (Å²) < 4.78 is 6.19. The van der Waals surface area contributed by atoms with E-state index in [1.165, 1.54) is 6.07 Å². The molecule has 0 saturated carbocycles. The summed E-state index contributed by atoms with van der Waals surface area (Å²) in [6.45, 7) is 3.37. The number of carbonyl (C=O) groups is 2. The second-order valence-corrected chi connectivity index (χ2v) is 6.53. The first-order valence-corrected chi connectivity index (χ1v) is 8.55. The Kier molecular flexibility index (Phi) is 6.70. The SMILES string of the molecule is COc1cccc(-c2ccc(=O)n(CC(=O)N[C@@H](CC(C)C)C(=O)O)n2)c1. The number of methoxy groups -OCH3 is 1. The van der Waals surface area contributed by atoms with Gasteiger partial charge in [-0.05, 0) is 30.5 Å². The summed E-state index contributed by atoms with van der Waals surface area (Å²) in [6.07, 6.45) is 0.299. The van der Waals surface area contributed by atoms with Gasteiger partial charge in [-0.3, -0.25) is 9.59 Å². The summed E-state index contributed by atoms with van der Waals surface area (Å²) in [5, 5.41) is 15.9. The van der Waals surface area contributed by atoms with Crippen molar-refractivity contribution in [3.63, 3.8) is 0 Å². The van der Waals surface area contributed by atoms with Gasteiger partial charge in [0.05, 0.1) is 12.8 Å². The Morgan fingerprint density at radius 3 is 2.63 bits per heavy atom. The van der Waals surface area contributed by atoms with E-state index in [0.29, 0.717) is 17.9 Å². The molecule has 0 aliphatic rings. The van der Waals surface area contributed by atoms with Crippen LogP contribution in [0.5, 0.6) is 5.75 Å². The molecule has 0 aliphatic heterocycles. The van der Waals surface area contributed by atoms with E-state index in [-0.39, 0.29) is 12.5 Å². The molecule has 0 aliphatic carbocycles. The zero-order valence-electron chi connectivity index (χ0n) is 15.5. The number of nitrogens with one attached hydrogen (secondary N) is 1. The van der Waals surface area contributed by atoms with Gasteiger partial charge in [-0.2, -0.15) is 5.10 Å². The van der Waals surface area contributed by atoms with Crippen LogP contribution in [-0.4, -0.2) is 39.9 Å². The minimum atomic E-state index is -1.11. The Hall–Kier alpha value is -3.16. The van der Waals surface area contributed by atoms with Gasteiger partial charge in [-0.25, -0.2) is 9.48 Å². The van der Waals surface area contributed by atoms with Crippen LogP contribution in [0.2, 0.25) is 0 Å². The van der Waals surface area contributed by atoms with Gasteiger partial charge in [0.1, 0.15) is 18.3 Å². The first-order chi connectivity index (χ1) is 12.8. The number of hydrogen-bond acceptors (Lipinski definition) is 5. The first-order valence-electron chi connectivity index (χ1n) is 8.55. The van der Waals surface area contributed by atoms with Crippen LogP contribution < -0.4 is 15.6 Å². The molecule has 2 N–H and O–H groups in total. The Labute approximate surface area is 156 Å². The van der Waals surface area contributed by atoms with Crippen molar-refractivity contribution in [1.82, 2.24) is 15.1 Å². The normalized spacial score (nSPS) is 11.9. The molecule has 0 bridgehead atoms. The summed E-state index contributed by atoms with van der Waals surface area (Å²) in [6, 6.07) is 9.02. The molecule has 0 unspecified atom stereocenters. The summed E-state index contributed by atoms with van der Waals surface area (Å²) in [5.41, 5.74) is 0.775. The number of ether oxygens (including phenoxy) is 1. The Morgan fingerprint density at radius 1 is 1.26 bits per heavy atom. The van der Waals surface area contributed by atoms with E-state index in [2.05, 4.69) is 10.4 Å². The van der Waals surface area contributed by atoms with Gasteiger partial charge in [0.25, 0.3) is 5.56 Å². The molecule has 8 heteroatoms. The third-order valence-corrected chi connectivity index (χ3v) is 3.87. The predicted molar refractivity (Wildman–Crippen MR) is 99.5 cm³/mol. The molecule has 1 heterocycles. The average molecular weight is 373 g/mol. The standard InChI is InChI=1S/C19H23N3O5/c1-12(2)9-16(19(25)26)20-17(23)11-22-18(24)8-7-15(21-22)13-5-4-6-14(10-13)27-3/h4-8,10,12,16H,9,11H2,1-3H3,(H,20,23)(H,25,26)/t16-/m0/s1. The lowest BCUT2D eigenvalue weighted by Gasteiger charge is -2.16. The van der Waals surface area contributed by atoms with Gasteiger partial charge in [0.15, 0.2) is 0 Å². The summed E-state index contributed by atoms with van der Waals surface area (Å²) >= 11 is 0. The molecule has 1 amide bonds. The molecule has 0 saturated heterocycles. The highest BCUT2D eigenvalue weighted by atomic mass is 16.5. The highest BCUT2D eigenvalue weighted by Crippen LogP contribution is 2.21. The average Bonchev–Trinajstić information content (AvgIpc) is 2.62. The zero-order valence-corrected chi connectivity index (χ0v) is 15.5. The highest BCUT2D eigenvalue weighted by Gasteiger charge is 2.21. The highest BCUT2D eigenvalue weighted by molar-refractivity contribution is 5.83. The molecular formula is C19H23N3O5. The summed E-state index contributed by atoms with van der Waals surface area (Å²) in [7, 11) is 1.55. The van der Waals surface area contributed by atoms with Gasteiger partial charge >= 0.3 is 5.97 Å². The van der Waals surface area contributed by atoms with Crippen molar-refractivity contribution in [1.29, 1.82) is 0 Å². The number of rotatable bonds is 8. The lowest BCUT2D eigenvalue weighted by molar-refractivity contribution is -0.142. The summed E-state index contributed by atoms with van der Waals surface area (Å²) in [4.78, 5) is 35.5. The van der Waals surface area contributed by atoms with Crippen LogP contribution >= 0.6 is 0 Å². The van der Waals surface area contributed by atoms with Crippen LogP contribution in [0.4, 0.5) is 0 Å². The number of carboxylic acid groups (broad SMARTS) is 1. The first kappa shape index (κ1) is 20.2. The van der Waals surface area contributed by atoms with Crippen molar-refractivity contribution >= 4 is 11.9 Å². The fourth-order valence-corrected chi connectivity index (χ4v) is 2.57.